The van der Waals surface area contributed by atoms with E-state index in [0.717, 1.165) is 16.6 Å². The number of nitrogens with zero attached hydrogens (tertiary/aromatic N) is 3. The third-order valence-corrected chi connectivity index (χ3v) is 3.18. The number of rotatable bonds is 3. The monoisotopic (exact) mass is 280 g/mol. The van der Waals surface area contributed by atoms with Crippen molar-refractivity contribution in [2.75, 3.05) is 7.05 Å². The highest BCUT2D eigenvalue weighted by Gasteiger charge is 2.10. The molecule has 0 aliphatic rings. The zero-order valence-electron chi connectivity index (χ0n) is 11.5. The van der Waals surface area contributed by atoms with Crippen LogP contribution < -0.4 is 0 Å². The van der Waals surface area contributed by atoms with E-state index in [-0.39, 0.29) is 5.82 Å². The molecule has 1 N–H and O–H groups in total. The first-order chi connectivity index (χ1) is 10.2. The van der Waals surface area contributed by atoms with Crippen LogP contribution in [0.4, 0.5) is 4.39 Å². The number of H-pyrrole nitrogens is 1. The second-order valence-corrected chi connectivity index (χ2v) is 4.50. The predicted molar refractivity (Wildman–Crippen MR) is 82.9 cm³/mol. The number of aromatic amines is 1. The van der Waals surface area contributed by atoms with E-state index in [9.17, 15) is 4.39 Å². The first-order valence-electron chi connectivity index (χ1n) is 6.42. The van der Waals surface area contributed by atoms with Gasteiger partial charge in [0, 0.05) is 42.2 Å². The Morgan fingerprint density at radius 2 is 2.14 bits per heavy atom. The molecule has 0 saturated heterocycles. The molecule has 4 nitrogen and oxygen atoms in total. The molecule has 3 aromatic rings. The summed E-state index contributed by atoms with van der Waals surface area (Å²) >= 11 is 0. The predicted octanol–water partition coefficient (Wildman–Crippen LogP) is 3.46. The van der Waals surface area contributed by atoms with E-state index in [1.807, 2.05) is 12.1 Å². The van der Waals surface area contributed by atoms with Gasteiger partial charge in [-0.1, -0.05) is 6.58 Å². The first kappa shape index (κ1) is 13.2. The van der Waals surface area contributed by atoms with Crippen molar-refractivity contribution >= 4 is 23.3 Å². The van der Waals surface area contributed by atoms with Gasteiger partial charge < -0.3 is 4.98 Å². The lowest BCUT2D eigenvalue weighted by Gasteiger charge is -2.00. The van der Waals surface area contributed by atoms with E-state index < -0.39 is 0 Å². The number of hydrogen-bond donors (Lipinski definition) is 1. The molecule has 3 rings (SSSR count). The van der Waals surface area contributed by atoms with Crippen molar-refractivity contribution < 1.29 is 4.39 Å². The minimum atomic E-state index is -0.334. The van der Waals surface area contributed by atoms with Crippen LogP contribution in [-0.4, -0.2) is 28.2 Å². The van der Waals surface area contributed by atoms with Crippen molar-refractivity contribution in [3.63, 3.8) is 0 Å². The van der Waals surface area contributed by atoms with Gasteiger partial charge in [-0.2, -0.15) is 0 Å². The Morgan fingerprint density at radius 1 is 1.29 bits per heavy atom. The highest BCUT2D eigenvalue weighted by Crippen LogP contribution is 2.24. The van der Waals surface area contributed by atoms with E-state index in [1.165, 1.54) is 18.3 Å². The van der Waals surface area contributed by atoms with Crippen LogP contribution >= 0.6 is 0 Å². The van der Waals surface area contributed by atoms with Crippen LogP contribution in [0, 0.1) is 5.82 Å². The Bertz CT molecular complexity index is 849. The molecule has 3 heterocycles. The molecule has 0 aliphatic carbocycles. The summed E-state index contributed by atoms with van der Waals surface area (Å²) in [6, 6.07) is 6.41. The molecule has 104 valence electrons. The molecule has 0 atom stereocenters. The van der Waals surface area contributed by atoms with Crippen molar-refractivity contribution in [1.82, 2.24) is 15.0 Å². The number of halogens is 1. The van der Waals surface area contributed by atoms with E-state index in [4.69, 9.17) is 0 Å². The summed E-state index contributed by atoms with van der Waals surface area (Å²) < 4.78 is 13.3. The molecule has 0 spiro atoms. The number of nitrogens with one attached hydrogen (secondary N) is 1. The van der Waals surface area contributed by atoms with Gasteiger partial charge in [0.05, 0.1) is 11.4 Å². The van der Waals surface area contributed by atoms with Crippen LogP contribution in [0.2, 0.25) is 0 Å². The lowest BCUT2D eigenvalue weighted by atomic mass is 10.1. The number of aromatic nitrogens is 3. The SMILES string of the molecule is C=Cc1[nH]c2nc(-c3cc(F)ccn3)ccc2c1C=NC. The standard InChI is InChI=1S/C16H13FN4/c1-3-13-12(9-18-2)11-4-5-14(21-16(11)20-13)15-8-10(17)6-7-19-15/h3-9H,1H2,2H3,(H,20,21). The molecule has 0 saturated carbocycles. The fourth-order valence-corrected chi connectivity index (χ4v) is 2.23. The van der Waals surface area contributed by atoms with Crippen molar-refractivity contribution in [1.29, 1.82) is 0 Å². The lowest BCUT2D eigenvalue weighted by molar-refractivity contribution is 0.626. The number of pyridine rings is 2. The fraction of sp³-hybridized carbons (Fsp3) is 0.0625. The maximum absolute atomic E-state index is 13.3. The van der Waals surface area contributed by atoms with Crippen molar-refractivity contribution in [3.05, 3.63) is 54.1 Å². The zero-order valence-corrected chi connectivity index (χ0v) is 11.5. The van der Waals surface area contributed by atoms with Crippen molar-refractivity contribution in [3.8, 4) is 11.4 Å². The van der Waals surface area contributed by atoms with Gasteiger partial charge in [0.1, 0.15) is 11.5 Å². The fourth-order valence-electron chi connectivity index (χ4n) is 2.23. The third-order valence-electron chi connectivity index (χ3n) is 3.18. The van der Waals surface area contributed by atoms with Gasteiger partial charge in [-0.25, -0.2) is 9.37 Å². The molecule has 5 heteroatoms. The molecule has 0 radical (unpaired) electrons. The molecule has 0 amide bonds. The number of hydrogen-bond acceptors (Lipinski definition) is 3. The highest BCUT2D eigenvalue weighted by atomic mass is 19.1. The Labute approximate surface area is 121 Å². The average molecular weight is 280 g/mol. The van der Waals surface area contributed by atoms with Crippen LogP contribution in [0.15, 0.2) is 42.0 Å². The van der Waals surface area contributed by atoms with E-state index in [0.29, 0.717) is 17.0 Å². The first-order valence-corrected chi connectivity index (χ1v) is 6.42. The van der Waals surface area contributed by atoms with Gasteiger partial charge in [0.25, 0.3) is 0 Å². The van der Waals surface area contributed by atoms with Gasteiger partial charge in [0.15, 0.2) is 0 Å². The van der Waals surface area contributed by atoms with Crippen LogP contribution in [0.25, 0.3) is 28.5 Å². The van der Waals surface area contributed by atoms with Crippen molar-refractivity contribution in [2.24, 2.45) is 4.99 Å². The van der Waals surface area contributed by atoms with Crippen molar-refractivity contribution in [2.45, 2.75) is 0 Å². The summed E-state index contributed by atoms with van der Waals surface area (Å²) in [5.74, 6) is -0.334. The maximum atomic E-state index is 13.3. The van der Waals surface area contributed by atoms with Gasteiger partial charge in [-0.05, 0) is 24.3 Å². The molecule has 0 bridgehead atoms. The molecular weight excluding hydrogens is 267 g/mol. The minimum Gasteiger partial charge on any atom is -0.339 e. The van der Waals surface area contributed by atoms with E-state index in [2.05, 4.69) is 26.5 Å². The normalized spacial score (nSPS) is 11.3. The Hall–Kier alpha value is -2.82. The highest BCUT2D eigenvalue weighted by molar-refractivity contribution is 6.02. The van der Waals surface area contributed by atoms with E-state index >= 15 is 0 Å². The van der Waals surface area contributed by atoms with Crippen LogP contribution in [0.1, 0.15) is 11.3 Å². The molecular formula is C16H13FN4. The second kappa shape index (κ2) is 5.28. The second-order valence-electron chi connectivity index (χ2n) is 4.50. The number of fused-ring (bicyclic) bond motifs is 1. The smallest absolute Gasteiger partial charge is 0.139 e. The minimum absolute atomic E-state index is 0.334. The summed E-state index contributed by atoms with van der Waals surface area (Å²) in [4.78, 5) is 15.9. The van der Waals surface area contributed by atoms with Crippen LogP contribution in [0.5, 0.6) is 0 Å². The van der Waals surface area contributed by atoms with Gasteiger partial charge in [-0.15, -0.1) is 0 Å². The largest absolute Gasteiger partial charge is 0.339 e. The molecule has 21 heavy (non-hydrogen) atoms. The Morgan fingerprint density at radius 3 is 2.86 bits per heavy atom. The topological polar surface area (TPSA) is 53.9 Å². The number of aliphatic imine (C=N–C) groups is 1. The van der Waals surface area contributed by atoms with Crippen LogP contribution in [-0.2, 0) is 0 Å². The Kier molecular flexibility index (Phi) is 3.31. The van der Waals surface area contributed by atoms with E-state index in [1.54, 1.807) is 19.3 Å². The Balaban J connectivity index is 2.19. The van der Waals surface area contributed by atoms with Gasteiger partial charge in [0.2, 0.25) is 0 Å². The lowest BCUT2D eigenvalue weighted by Crippen LogP contribution is -1.89. The summed E-state index contributed by atoms with van der Waals surface area (Å²) in [7, 11) is 1.71. The zero-order chi connectivity index (χ0) is 14.8. The maximum Gasteiger partial charge on any atom is 0.139 e. The third kappa shape index (κ3) is 2.33. The van der Waals surface area contributed by atoms with Crippen LogP contribution in [0.3, 0.4) is 0 Å². The summed E-state index contributed by atoms with van der Waals surface area (Å²) in [6.45, 7) is 3.78. The average Bonchev–Trinajstić information content (AvgIpc) is 2.85. The molecule has 0 fully saturated rings. The quantitative estimate of drug-likeness (QED) is 0.747. The molecule has 0 aliphatic heterocycles. The van der Waals surface area contributed by atoms with Gasteiger partial charge >= 0.3 is 0 Å². The summed E-state index contributed by atoms with van der Waals surface area (Å²) in [5, 5.41) is 0.940. The van der Waals surface area contributed by atoms with Gasteiger partial charge in [-0.3, -0.25) is 9.98 Å². The molecule has 0 unspecified atom stereocenters. The summed E-state index contributed by atoms with van der Waals surface area (Å²) in [6.07, 6.45) is 4.91. The molecule has 0 aromatic carbocycles. The summed E-state index contributed by atoms with van der Waals surface area (Å²) in [5.41, 5.74) is 3.60. The molecule has 3 aromatic heterocycles.